The molecule has 0 fully saturated rings. The fraction of sp³-hybridized carbons (Fsp3) is 0.182. The van der Waals surface area contributed by atoms with E-state index in [-0.39, 0.29) is 0 Å². The smallest absolute Gasteiger partial charge is 0.259 e. The molecule has 1 aromatic carbocycles. The number of halogens is 5. The van der Waals surface area contributed by atoms with Gasteiger partial charge < -0.3 is 5.32 Å². The summed E-state index contributed by atoms with van der Waals surface area (Å²) in [5.41, 5.74) is -0.781. The normalized spacial score (nSPS) is 13.0. The van der Waals surface area contributed by atoms with Crippen molar-refractivity contribution >= 4 is 40.7 Å². The highest BCUT2D eigenvalue weighted by Gasteiger charge is 2.37. The monoisotopic (exact) mass is 354 g/mol. The van der Waals surface area contributed by atoms with E-state index in [4.69, 9.17) is 34.8 Å². The molecule has 1 unspecified atom stereocenters. The van der Waals surface area contributed by atoms with Crippen molar-refractivity contribution in [2.45, 2.75) is 9.96 Å². The van der Waals surface area contributed by atoms with Crippen LogP contribution in [0.3, 0.4) is 0 Å². The van der Waals surface area contributed by atoms with E-state index in [1.54, 1.807) is 0 Å². The number of hydrogen-bond acceptors (Lipinski definition) is 3. The molecule has 0 saturated heterocycles. The van der Waals surface area contributed by atoms with E-state index in [9.17, 15) is 13.6 Å². The van der Waals surface area contributed by atoms with Crippen LogP contribution in [-0.2, 0) is 0 Å². The average Bonchev–Trinajstić information content (AvgIpc) is 2.87. The minimum absolute atomic E-state index is 0.781. The second kappa shape index (κ2) is 6.13. The van der Waals surface area contributed by atoms with Gasteiger partial charge in [-0.1, -0.05) is 40.9 Å². The molecule has 112 valence electrons. The molecule has 0 aliphatic rings. The van der Waals surface area contributed by atoms with Crippen molar-refractivity contribution in [2.24, 2.45) is 0 Å². The molecule has 0 bridgehead atoms. The molecule has 1 atom stereocenters. The van der Waals surface area contributed by atoms with E-state index in [1.165, 1.54) is 6.33 Å². The largest absolute Gasteiger partial charge is 0.326 e. The Balaban J connectivity index is 2.32. The molecule has 21 heavy (non-hydrogen) atoms. The number of carbonyl (C=O) groups is 1. The number of rotatable bonds is 3. The first-order chi connectivity index (χ1) is 9.80. The number of carbonyl (C=O) groups excluding carboxylic acids is 1. The lowest BCUT2D eigenvalue weighted by molar-refractivity contribution is 0.0907. The Morgan fingerprint density at radius 2 is 1.90 bits per heavy atom. The fourth-order valence-electron chi connectivity index (χ4n) is 1.56. The van der Waals surface area contributed by atoms with Gasteiger partial charge in [0.2, 0.25) is 3.79 Å². The van der Waals surface area contributed by atoms with Crippen LogP contribution < -0.4 is 5.32 Å². The molecular weight excluding hydrogens is 349 g/mol. The lowest BCUT2D eigenvalue weighted by Gasteiger charge is -2.25. The summed E-state index contributed by atoms with van der Waals surface area (Å²) in [6.07, 6.45) is 1.04. The number of nitrogens with one attached hydrogen (secondary N) is 1. The fourth-order valence-corrected chi connectivity index (χ4v) is 2.02. The highest BCUT2D eigenvalue weighted by Crippen LogP contribution is 2.36. The van der Waals surface area contributed by atoms with Gasteiger partial charge in [0.15, 0.2) is 6.17 Å². The van der Waals surface area contributed by atoms with Crippen LogP contribution in [-0.4, -0.2) is 24.5 Å². The molecule has 0 radical (unpaired) electrons. The second-order valence-corrected chi connectivity index (χ2v) is 6.26. The zero-order valence-corrected chi connectivity index (χ0v) is 12.4. The van der Waals surface area contributed by atoms with Gasteiger partial charge in [-0.2, -0.15) is 5.10 Å². The molecule has 1 amide bonds. The SMILES string of the molecule is O=C(NC(n1cncn1)C(Cl)(Cl)Cl)c1c(F)cccc1F. The van der Waals surface area contributed by atoms with E-state index < -0.39 is 33.1 Å². The third-order valence-electron chi connectivity index (χ3n) is 2.47. The van der Waals surface area contributed by atoms with E-state index in [0.29, 0.717) is 0 Å². The van der Waals surface area contributed by atoms with Gasteiger partial charge in [0.05, 0.1) is 0 Å². The van der Waals surface area contributed by atoms with Gasteiger partial charge in [-0.05, 0) is 12.1 Å². The summed E-state index contributed by atoms with van der Waals surface area (Å²) in [4.78, 5) is 15.7. The van der Waals surface area contributed by atoms with Crippen LogP contribution in [0.15, 0.2) is 30.9 Å². The first-order valence-electron chi connectivity index (χ1n) is 5.46. The predicted octanol–water partition coefficient (Wildman–Crippen LogP) is 2.86. The van der Waals surface area contributed by atoms with Gasteiger partial charge >= 0.3 is 0 Å². The zero-order chi connectivity index (χ0) is 15.6. The lowest BCUT2D eigenvalue weighted by atomic mass is 10.2. The number of aromatic nitrogens is 3. The predicted molar refractivity (Wildman–Crippen MR) is 73.2 cm³/mol. The minimum Gasteiger partial charge on any atom is -0.326 e. The van der Waals surface area contributed by atoms with Crippen molar-refractivity contribution in [3.8, 4) is 0 Å². The molecule has 10 heteroatoms. The van der Waals surface area contributed by atoms with Crippen molar-refractivity contribution in [2.75, 3.05) is 0 Å². The quantitative estimate of drug-likeness (QED) is 0.861. The van der Waals surface area contributed by atoms with Gasteiger partial charge in [0, 0.05) is 0 Å². The first-order valence-corrected chi connectivity index (χ1v) is 6.60. The maximum atomic E-state index is 13.6. The van der Waals surface area contributed by atoms with Crippen molar-refractivity contribution < 1.29 is 13.6 Å². The summed E-state index contributed by atoms with van der Waals surface area (Å²) in [5.74, 6) is -3.15. The van der Waals surface area contributed by atoms with E-state index >= 15 is 0 Å². The van der Waals surface area contributed by atoms with Gasteiger partial charge in [0.1, 0.15) is 29.9 Å². The zero-order valence-electron chi connectivity index (χ0n) is 10.1. The summed E-state index contributed by atoms with van der Waals surface area (Å²) in [5, 5.41) is 5.93. The maximum Gasteiger partial charge on any atom is 0.259 e. The standard InChI is InChI=1S/C11H7Cl3F2N4O/c12-11(13,14)10(20-5-17-4-18-20)19-9(21)8-6(15)2-1-3-7(8)16/h1-5,10H,(H,19,21). The minimum atomic E-state index is -2.01. The highest BCUT2D eigenvalue weighted by molar-refractivity contribution is 6.67. The molecular formula is C11H7Cl3F2N4O. The van der Waals surface area contributed by atoms with E-state index in [2.05, 4.69) is 15.4 Å². The molecule has 1 heterocycles. The van der Waals surface area contributed by atoms with Gasteiger partial charge in [-0.15, -0.1) is 0 Å². The van der Waals surface area contributed by atoms with Crippen LogP contribution in [0.4, 0.5) is 8.78 Å². The van der Waals surface area contributed by atoms with Gasteiger partial charge in [0.25, 0.3) is 5.91 Å². The molecule has 5 nitrogen and oxygen atoms in total. The van der Waals surface area contributed by atoms with Gasteiger partial charge in [-0.25, -0.2) is 18.4 Å². The topological polar surface area (TPSA) is 59.8 Å². The Kier molecular flexibility index (Phi) is 4.65. The summed E-state index contributed by atoms with van der Waals surface area (Å²) < 4.78 is 26.1. The number of nitrogens with zero attached hydrogens (tertiary/aromatic N) is 3. The first kappa shape index (κ1) is 15.9. The number of hydrogen-bond donors (Lipinski definition) is 1. The van der Waals surface area contributed by atoms with Crippen LogP contribution >= 0.6 is 34.8 Å². The molecule has 0 spiro atoms. The third kappa shape index (κ3) is 3.61. The van der Waals surface area contributed by atoms with Crippen LogP contribution in [0.1, 0.15) is 16.5 Å². The molecule has 2 rings (SSSR count). The second-order valence-electron chi connectivity index (χ2n) is 3.89. The van der Waals surface area contributed by atoms with E-state index in [1.807, 2.05) is 0 Å². The molecule has 0 saturated carbocycles. The Morgan fingerprint density at radius 3 is 2.38 bits per heavy atom. The number of alkyl halides is 3. The summed E-state index contributed by atoms with van der Waals surface area (Å²) >= 11 is 17.2. The maximum absolute atomic E-state index is 13.6. The molecule has 0 aliphatic carbocycles. The average molecular weight is 356 g/mol. The molecule has 2 aromatic rings. The van der Waals surface area contributed by atoms with Crippen molar-refractivity contribution in [1.29, 1.82) is 0 Å². The van der Waals surface area contributed by atoms with Crippen LogP contribution in [0, 0.1) is 11.6 Å². The number of benzene rings is 1. The van der Waals surface area contributed by atoms with Crippen molar-refractivity contribution in [3.05, 3.63) is 48.1 Å². The summed E-state index contributed by atoms with van der Waals surface area (Å²) in [6, 6.07) is 3.01. The van der Waals surface area contributed by atoms with Crippen LogP contribution in [0.5, 0.6) is 0 Å². The molecule has 0 aliphatic heterocycles. The van der Waals surface area contributed by atoms with Crippen LogP contribution in [0.2, 0.25) is 0 Å². The van der Waals surface area contributed by atoms with Gasteiger partial charge in [-0.3, -0.25) is 4.79 Å². The Bertz CT molecular complexity index is 625. The van der Waals surface area contributed by atoms with Crippen molar-refractivity contribution in [3.63, 3.8) is 0 Å². The Labute approximate surface area is 132 Å². The third-order valence-corrected chi connectivity index (χ3v) is 3.09. The summed E-state index contributed by atoms with van der Waals surface area (Å²) in [6.45, 7) is 0. The number of amides is 1. The van der Waals surface area contributed by atoms with E-state index in [0.717, 1.165) is 29.2 Å². The van der Waals surface area contributed by atoms with Crippen LogP contribution in [0.25, 0.3) is 0 Å². The molecule has 1 aromatic heterocycles. The Hall–Kier alpha value is -1.44. The Morgan fingerprint density at radius 1 is 1.29 bits per heavy atom. The highest BCUT2D eigenvalue weighted by atomic mass is 35.6. The van der Waals surface area contributed by atoms with Crippen molar-refractivity contribution in [1.82, 2.24) is 20.1 Å². The lowest BCUT2D eigenvalue weighted by Crippen LogP contribution is -2.41. The summed E-state index contributed by atoms with van der Waals surface area (Å²) in [7, 11) is 0. The molecule has 1 N–H and O–H groups in total.